The molecule has 2 N–H and O–H groups in total. The Bertz CT molecular complexity index is 1180. The number of nitrogens with zero attached hydrogens (tertiary/aromatic N) is 7. The number of amides is 3. The predicted octanol–water partition coefficient (Wildman–Crippen LogP) is 0.303. The molecule has 2 aromatic rings. The van der Waals surface area contributed by atoms with Crippen LogP contribution in [0.1, 0.15) is 73.7 Å². The SMILES string of the molecule is CN1CCn2ncc(CNC(=O)[C@@H]3C[C@@H](O)CN3C(=O)[C@@H](n3cc(C4CC4)nn3)C(C)(C)C)c2C1=O. The zero-order chi connectivity index (χ0) is 25.8. The van der Waals surface area contributed by atoms with Crippen LogP contribution in [0.2, 0.25) is 0 Å². The third-order valence-electron chi connectivity index (χ3n) is 7.27. The van der Waals surface area contributed by atoms with E-state index in [0.29, 0.717) is 30.3 Å². The van der Waals surface area contributed by atoms with Crippen molar-refractivity contribution in [2.45, 2.75) is 77.2 Å². The molecule has 12 heteroatoms. The smallest absolute Gasteiger partial charge is 0.272 e. The third kappa shape index (κ3) is 4.49. The van der Waals surface area contributed by atoms with Gasteiger partial charge in [0.05, 0.1) is 24.5 Å². The minimum Gasteiger partial charge on any atom is -0.391 e. The summed E-state index contributed by atoms with van der Waals surface area (Å²) in [6.45, 7) is 7.21. The van der Waals surface area contributed by atoms with Crippen molar-refractivity contribution < 1.29 is 19.5 Å². The van der Waals surface area contributed by atoms with E-state index in [1.54, 1.807) is 27.5 Å². The fourth-order valence-electron chi connectivity index (χ4n) is 5.12. The summed E-state index contributed by atoms with van der Waals surface area (Å²) in [4.78, 5) is 42.8. The Morgan fingerprint density at radius 3 is 2.69 bits per heavy atom. The molecule has 1 saturated heterocycles. The van der Waals surface area contributed by atoms with Gasteiger partial charge in [-0.2, -0.15) is 5.10 Å². The average Bonchev–Trinajstić information content (AvgIpc) is 3.22. The highest BCUT2D eigenvalue weighted by atomic mass is 16.3. The maximum absolute atomic E-state index is 13.8. The van der Waals surface area contributed by atoms with E-state index in [1.807, 2.05) is 27.0 Å². The first-order chi connectivity index (χ1) is 17.0. The van der Waals surface area contributed by atoms with Crippen molar-refractivity contribution in [3.8, 4) is 0 Å². The van der Waals surface area contributed by atoms with E-state index in [1.165, 1.54) is 4.90 Å². The second kappa shape index (κ2) is 8.99. The number of carbonyl (C=O) groups excluding carboxylic acids is 3. The van der Waals surface area contributed by atoms with Crippen molar-refractivity contribution in [3.05, 3.63) is 29.3 Å². The Labute approximate surface area is 209 Å². The van der Waals surface area contributed by atoms with Gasteiger partial charge in [-0.1, -0.05) is 26.0 Å². The van der Waals surface area contributed by atoms with Gasteiger partial charge in [0.15, 0.2) is 0 Å². The Kier molecular flexibility index (Phi) is 6.09. The molecule has 1 saturated carbocycles. The Morgan fingerprint density at radius 1 is 1.25 bits per heavy atom. The number of likely N-dealkylation sites (tertiary alicyclic amines) is 1. The summed E-state index contributed by atoms with van der Waals surface area (Å²) in [6.07, 6.45) is 4.93. The molecule has 36 heavy (non-hydrogen) atoms. The van der Waals surface area contributed by atoms with Crippen molar-refractivity contribution in [2.24, 2.45) is 5.41 Å². The fraction of sp³-hybridized carbons (Fsp3) is 0.667. The lowest BCUT2D eigenvalue weighted by Gasteiger charge is -2.34. The summed E-state index contributed by atoms with van der Waals surface area (Å²) in [7, 11) is 1.74. The topological polar surface area (TPSA) is 138 Å². The maximum atomic E-state index is 13.8. The van der Waals surface area contributed by atoms with Gasteiger partial charge in [0.1, 0.15) is 17.8 Å². The van der Waals surface area contributed by atoms with Crippen molar-refractivity contribution >= 4 is 17.7 Å². The number of nitrogens with one attached hydrogen (secondary N) is 1. The predicted molar refractivity (Wildman–Crippen MR) is 128 cm³/mol. The van der Waals surface area contributed by atoms with Crippen molar-refractivity contribution in [1.82, 2.24) is 39.9 Å². The average molecular weight is 499 g/mol. The van der Waals surface area contributed by atoms with Crippen LogP contribution in [0.5, 0.6) is 0 Å². The molecule has 4 heterocycles. The minimum atomic E-state index is -0.825. The standard InChI is InChI=1S/C24H34N8O4/c1-24(2,3)20(32-13-17(27-28-32)14-5-6-14)23(36)30-12-16(33)9-18(30)21(34)25-10-15-11-26-31-8-7-29(4)22(35)19(15)31/h11,13-14,16,18,20,33H,5-10,12H2,1-4H3,(H,25,34)/t16-,18+,20-/m1/s1. The van der Waals surface area contributed by atoms with Crippen LogP contribution in [0.25, 0.3) is 0 Å². The van der Waals surface area contributed by atoms with Crippen LogP contribution in [0, 0.1) is 5.41 Å². The molecule has 0 bridgehead atoms. The van der Waals surface area contributed by atoms with Crippen LogP contribution >= 0.6 is 0 Å². The normalized spacial score (nSPS) is 23.1. The van der Waals surface area contributed by atoms with Gasteiger partial charge >= 0.3 is 0 Å². The molecule has 12 nitrogen and oxygen atoms in total. The lowest BCUT2D eigenvalue weighted by atomic mass is 9.85. The molecule has 0 unspecified atom stereocenters. The third-order valence-corrected chi connectivity index (χ3v) is 7.27. The molecular formula is C24H34N8O4. The number of aromatic nitrogens is 5. The van der Waals surface area contributed by atoms with Gasteiger partial charge in [-0.15, -0.1) is 5.10 Å². The van der Waals surface area contributed by atoms with Crippen LogP contribution in [0.3, 0.4) is 0 Å². The molecule has 194 valence electrons. The van der Waals surface area contributed by atoms with Crippen molar-refractivity contribution in [3.63, 3.8) is 0 Å². The number of likely N-dealkylation sites (N-methyl/N-ethyl adjacent to an activating group) is 1. The van der Waals surface area contributed by atoms with Crippen LogP contribution in [0.15, 0.2) is 12.4 Å². The molecule has 3 atom stereocenters. The van der Waals surface area contributed by atoms with Gasteiger partial charge < -0.3 is 20.2 Å². The van der Waals surface area contributed by atoms with Gasteiger partial charge in [-0.3, -0.25) is 19.1 Å². The highest BCUT2D eigenvalue weighted by molar-refractivity contribution is 5.95. The molecule has 0 aromatic carbocycles. The van der Waals surface area contributed by atoms with E-state index < -0.39 is 23.6 Å². The number of hydrogen-bond donors (Lipinski definition) is 2. The van der Waals surface area contributed by atoms with E-state index in [0.717, 1.165) is 18.5 Å². The zero-order valence-corrected chi connectivity index (χ0v) is 21.2. The molecule has 0 radical (unpaired) electrons. The quantitative estimate of drug-likeness (QED) is 0.584. The summed E-state index contributed by atoms with van der Waals surface area (Å²) in [5.41, 5.74) is 1.48. The Hall–Kier alpha value is -3.28. The van der Waals surface area contributed by atoms with Gasteiger partial charge in [0.25, 0.3) is 5.91 Å². The highest BCUT2D eigenvalue weighted by Crippen LogP contribution is 2.40. The Balaban J connectivity index is 1.32. The maximum Gasteiger partial charge on any atom is 0.272 e. The Morgan fingerprint density at radius 2 is 2.00 bits per heavy atom. The number of aliphatic hydroxyl groups excluding tert-OH is 1. The molecule has 2 aliphatic heterocycles. The molecule has 0 spiro atoms. The number of carbonyl (C=O) groups is 3. The monoisotopic (exact) mass is 498 g/mol. The number of aliphatic hydroxyl groups is 1. The van der Waals surface area contributed by atoms with E-state index in [9.17, 15) is 19.5 Å². The second-order valence-electron chi connectivity index (χ2n) is 11.2. The fourth-order valence-corrected chi connectivity index (χ4v) is 5.12. The van der Waals surface area contributed by atoms with Gasteiger partial charge in [0.2, 0.25) is 11.8 Å². The number of fused-ring (bicyclic) bond motifs is 1. The second-order valence-corrected chi connectivity index (χ2v) is 11.2. The summed E-state index contributed by atoms with van der Waals surface area (Å²) < 4.78 is 3.26. The van der Waals surface area contributed by atoms with Crippen LogP contribution in [-0.4, -0.2) is 89.7 Å². The lowest BCUT2D eigenvalue weighted by Crippen LogP contribution is -2.50. The zero-order valence-electron chi connectivity index (χ0n) is 21.2. The van der Waals surface area contributed by atoms with Crippen LogP contribution in [0.4, 0.5) is 0 Å². The van der Waals surface area contributed by atoms with Crippen LogP contribution in [-0.2, 0) is 22.7 Å². The highest BCUT2D eigenvalue weighted by Gasteiger charge is 2.45. The van der Waals surface area contributed by atoms with E-state index in [4.69, 9.17) is 0 Å². The van der Waals surface area contributed by atoms with E-state index in [2.05, 4.69) is 20.7 Å². The van der Waals surface area contributed by atoms with Gasteiger partial charge in [-0.05, 0) is 18.3 Å². The molecular weight excluding hydrogens is 464 g/mol. The van der Waals surface area contributed by atoms with Crippen molar-refractivity contribution in [2.75, 3.05) is 20.1 Å². The van der Waals surface area contributed by atoms with E-state index in [-0.39, 0.29) is 37.2 Å². The molecule has 3 aliphatic rings. The molecule has 2 aromatic heterocycles. The largest absolute Gasteiger partial charge is 0.391 e. The van der Waals surface area contributed by atoms with Gasteiger partial charge in [-0.25, -0.2) is 4.68 Å². The first-order valence-electron chi connectivity index (χ1n) is 12.5. The summed E-state index contributed by atoms with van der Waals surface area (Å²) in [5.74, 6) is -0.377. The minimum absolute atomic E-state index is 0.0696. The molecule has 2 fully saturated rings. The van der Waals surface area contributed by atoms with E-state index >= 15 is 0 Å². The van der Waals surface area contributed by atoms with Gasteiger partial charge in [0, 0.05) is 50.8 Å². The number of rotatable bonds is 6. The number of β-amino-alcohol motifs (C(OH)–C–C–N with tert-alkyl or cyclic N) is 1. The first kappa shape index (κ1) is 24.4. The van der Waals surface area contributed by atoms with Crippen LogP contribution < -0.4 is 5.32 Å². The summed E-state index contributed by atoms with van der Waals surface area (Å²) in [6, 6.07) is -1.50. The summed E-state index contributed by atoms with van der Waals surface area (Å²) >= 11 is 0. The summed E-state index contributed by atoms with van der Waals surface area (Å²) in [5, 5.41) is 26.1. The molecule has 5 rings (SSSR count). The lowest BCUT2D eigenvalue weighted by molar-refractivity contribution is -0.144. The number of hydrogen-bond acceptors (Lipinski definition) is 7. The molecule has 3 amide bonds. The van der Waals surface area contributed by atoms with Crippen molar-refractivity contribution in [1.29, 1.82) is 0 Å². The first-order valence-corrected chi connectivity index (χ1v) is 12.5. The molecule has 1 aliphatic carbocycles.